The first kappa shape index (κ1) is 8.28. The molecule has 1 radical (unpaired) electrons. The minimum Gasteiger partial charge on any atom is -0.202 e. The van der Waals surface area contributed by atoms with Gasteiger partial charge in [0.25, 0.3) is 0 Å². The fourth-order valence-corrected chi connectivity index (χ4v) is 0.172. The molecule has 0 saturated carbocycles. The van der Waals surface area contributed by atoms with Crippen molar-refractivity contribution in [1.82, 2.24) is 0 Å². The Morgan fingerprint density at radius 2 is 1.78 bits per heavy atom. The zero-order valence-corrected chi connectivity index (χ0v) is 4.30. The van der Waals surface area contributed by atoms with E-state index in [2.05, 4.69) is 6.92 Å². The predicted octanol–water partition coefficient (Wildman–Crippen LogP) is 1.72. The normalized spacial score (nSPS) is 10.9. The Balaban J connectivity index is 4.13. The SMILES string of the molecule is [CH2]C#CC(F)(F)C(F)F. The Bertz CT molecular complexity index is 139. The van der Waals surface area contributed by atoms with E-state index in [4.69, 9.17) is 0 Å². The van der Waals surface area contributed by atoms with E-state index in [-0.39, 0.29) is 0 Å². The van der Waals surface area contributed by atoms with E-state index in [1.54, 1.807) is 0 Å². The Labute approximate surface area is 49.9 Å². The number of alkyl halides is 4. The predicted molar refractivity (Wildman–Crippen MR) is 24.1 cm³/mol. The molecule has 0 rings (SSSR count). The van der Waals surface area contributed by atoms with E-state index in [0.29, 0.717) is 0 Å². The van der Waals surface area contributed by atoms with Crippen molar-refractivity contribution in [3.05, 3.63) is 6.92 Å². The maximum atomic E-state index is 11.6. The van der Waals surface area contributed by atoms with Crippen molar-refractivity contribution in [2.24, 2.45) is 0 Å². The molecule has 0 aliphatic heterocycles. The molecule has 0 aromatic rings. The molecular formula is C5H3F4. The van der Waals surface area contributed by atoms with Gasteiger partial charge in [0.15, 0.2) is 0 Å². The Morgan fingerprint density at radius 3 is 1.89 bits per heavy atom. The van der Waals surface area contributed by atoms with Crippen molar-refractivity contribution in [3.8, 4) is 11.8 Å². The molecule has 0 unspecified atom stereocenters. The first-order valence-electron chi connectivity index (χ1n) is 1.96. The van der Waals surface area contributed by atoms with Gasteiger partial charge in [0.1, 0.15) is 0 Å². The molecule has 0 atom stereocenters. The molecule has 4 heteroatoms. The lowest BCUT2D eigenvalue weighted by molar-refractivity contribution is -0.0831. The van der Waals surface area contributed by atoms with E-state index in [0.717, 1.165) is 5.92 Å². The zero-order valence-electron chi connectivity index (χ0n) is 4.30. The second-order valence-electron chi connectivity index (χ2n) is 1.23. The van der Waals surface area contributed by atoms with Gasteiger partial charge in [-0.05, 0) is 5.92 Å². The second-order valence-corrected chi connectivity index (χ2v) is 1.23. The molecule has 0 spiro atoms. The molecule has 0 aromatic heterocycles. The molecule has 0 bridgehead atoms. The molecule has 0 saturated heterocycles. The number of hydrogen-bond acceptors (Lipinski definition) is 0. The van der Waals surface area contributed by atoms with Crippen LogP contribution in [0.3, 0.4) is 0 Å². The summed E-state index contributed by atoms with van der Waals surface area (Å²) >= 11 is 0. The average molecular weight is 139 g/mol. The first-order chi connectivity index (χ1) is 4.00. The van der Waals surface area contributed by atoms with Crippen LogP contribution in [0.2, 0.25) is 0 Å². The van der Waals surface area contributed by atoms with Gasteiger partial charge < -0.3 is 0 Å². The number of hydrogen-bond donors (Lipinski definition) is 0. The highest BCUT2D eigenvalue weighted by Crippen LogP contribution is 2.20. The molecule has 0 aliphatic carbocycles. The molecule has 0 fully saturated rings. The van der Waals surface area contributed by atoms with Crippen molar-refractivity contribution in [2.45, 2.75) is 12.3 Å². The van der Waals surface area contributed by atoms with Crippen molar-refractivity contribution in [2.75, 3.05) is 0 Å². The van der Waals surface area contributed by atoms with Crippen molar-refractivity contribution in [3.63, 3.8) is 0 Å². The average Bonchev–Trinajstić information content (AvgIpc) is 1.65. The molecule has 0 aromatic carbocycles. The van der Waals surface area contributed by atoms with Crippen LogP contribution in [0, 0.1) is 18.8 Å². The Kier molecular flexibility index (Phi) is 2.50. The minimum atomic E-state index is -4.21. The minimum absolute atomic E-state index is 0.977. The summed E-state index contributed by atoms with van der Waals surface area (Å²) in [5.74, 6) is -1.77. The lowest BCUT2D eigenvalue weighted by Gasteiger charge is -2.05. The van der Waals surface area contributed by atoms with Crippen LogP contribution < -0.4 is 0 Å². The van der Waals surface area contributed by atoms with Crippen LogP contribution in [0.25, 0.3) is 0 Å². The third kappa shape index (κ3) is 2.36. The molecule has 0 amide bonds. The maximum absolute atomic E-state index is 11.6. The zero-order chi connectivity index (χ0) is 7.49. The second kappa shape index (κ2) is 2.72. The van der Waals surface area contributed by atoms with E-state index in [1.165, 1.54) is 5.92 Å². The lowest BCUT2D eigenvalue weighted by Crippen LogP contribution is -2.23. The van der Waals surface area contributed by atoms with Crippen molar-refractivity contribution in [1.29, 1.82) is 0 Å². The summed E-state index contributed by atoms with van der Waals surface area (Å²) in [5, 5.41) is 0. The van der Waals surface area contributed by atoms with Crippen molar-refractivity contribution >= 4 is 0 Å². The lowest BCUT2D eigenvalue weighted by atomic mass is 10.3. The van der Waals surface area contributed by atoms with E-state index in [9.17, 15) is 17.6 Å². The first-order valence-corrected chi connectivity index (χ1v) is 1.96. The molecule has 9 heavy (non-hydrogen) atoms. The highest BCUT2D eigenvalue weighted by molar-refractivity contribution is 5.12. The number of halogens is 4. The van der Waals surface area contributed by atoms with Gasteiger partial charge in [-0.1, -0.05) is 5.92 Å². The quantitative estimate of drug-likeness (QED) is 0.383. The van der Waals surface area contributed by atoms with Gasteiger partial charge in [0, 0.05) is 6.92 Å². The van der Waals surface area contributed by atoms with Gasteiger partial charge in [0.05, 0.1) is 0 Å². The van der Waals surface area contributed by atoms with E-state index >= 15 is 0 Å². The van der Waals surface area contributed by atoms with E-state index in [1.807, 2.05) is 0 Å². The highest BCUT2D eigenvalue weighted by atomic mass is 19.3. The van der Waals surface area contributed by atoms with Crippen LogP contribution in [0.4, 0.5) is 17.6 Å². The largest absolute Gasteiger partial charge is 0.367 e. The standard InChI is InChI=1S/C5H3F4/c1-2-3-5(8,9)4(6)7/h4H,1H2. The van der Waals surface area contributed by atoms with Gasteiger partial charge in [-0.15, -0.1) is 0 Å². The van der Waals surface area contributed by atoms with Crippen LogP contribution in [0.15, 0.2) is 0 Å². The summed E-state index contributed by atoms with van der Waals surface area (Å²) in [7, 11) is 0. The summed E-state index contributed by atoms with van der Waals surface area (Å²) in [6.45, 7) is 2.68. The highest BCUT2D eigenvalue weighted by Gasteiger charge is 2.38. The molecule has 0 nitrogen and oxygen atoms in total. The monoisotopic (exact) mass is 139 g/mol. The van der Waals surface area contributed by atoms with Gasteiger partial charge in [0.2, 0.25) is 0 Å². The molecule has 51 valence electrons. The Morgan fingerprint density at radius 1 is 1.33 bits per heavy atom. The van der Waals surface area contributed by atoms with Crippen LogP contribution >= 0.6 is 0 Å². The summed E-state index contributed by atoms with van der Waals surface area (Å²) in [4.78, 5) is 0. The smallest absolute Gasteiger partial charge is 0.202 e. The van der Waals surface area contributed by atoms with Crippen LogP contribution in [-0.2, 0) is 0 Å². The number of rotatable bonds is 1. The van der Waals surface area contributed by atoms with Crippen LogP contribution in [0.1, 0.15) is 0 Å². The van der Waals surface area contributed by atoms with Crippen LogP contribution in [-0.4, -0.2) is 12.3 Å². The summed E-state index contributed by atoms with van der Waals surface area (Å²) in [6.07, 6.45) is -3.73. The summed E-state index contributed by atoms with van der Waals surface area (Å²) in [6, 6.07) is 0. The fourth-order valence-electron chi connectivity index (χ4n) is 0.172. The summed E-state index contributed by atoms with van der Waals surface area (Å²) in [5.41, 5.74) is 0. The van der Waals surface area contributed by atoms with Gasteiger partial charge in [-0.25, -0.2) is 8.78 Å². The van der Waals surface area contributed by atoms with E-state index < -0.39 is 12.3 Å². The summed E-state index contributed by atoms with van der Waals surface area (Å²) < 4.78 is 45.4. The molecular weight excluding hydrogens is 136 g/mol. The maximum Gasteiger partial charge on any atom is 0.367 e. The fraction of sp³-hybridized carbons (Fsp3) is 0.400. The van der Waals surface area contributed by atoms with Gasteiger partial charge >= 0.3 is 12.3 Å². The molecule has 0 heterocycles. The molecule has 0 N–H and O–H groups in total. The third-order valence-electron chi connectivity index (χ3n) is 0.529. The van der Waals surface area contributed by atoms with Gasteiger partial charge in [-0.3, -0.25) is 0 Å². The third-order valence-corrected chi connectivity index (χ3v) is 0.529. The Hall–Kier alpha value is -0.720. The van der Waals surface area contributed by atoms with Crippen LogP contribution in [0.5, 0.6) is 0 Å². The van der Waals surface area contributed by atoms with Crippen molar-refractivity contribution < 1.29 is 17.6 Å². The topological polar surface area (TPSA) is 0 Å². The van der Waals surface area contributed by atoms with Gasteiger partial charge in [-0.2, -0.15) is 8.78 Å². The molecule has 0 aliphatic rings.